The highest BCUT2D eigenvalue weighted by atomic mass is 16.5. The van der Waals surface area contributed by atoms with E-state index in [1.807, 2.05) is 39.0 Å². The fourth-order valence-electron chi connectivity index (χ4n) is 3.60. The van der Waals surface area contributed by atoms with E-state index in [1.54, 1.807) is 23.8 Å². The average molecular weight is 404 g/mol. The number of piperidine rings is 1. The highest BCUT2D eigenvalue weighted by molar-refractivity contribution is 5.94. The fraction of sp³-hybridized carbons (Fsp3) is 0.591. The average Bonchev–Trinajstić information content (AvgIpc) is 2.70. The molecule has 29 heavy (non-hydrogen) atoms. The number of amides is 2. The van der Waals surface area contributed by atoms with Crippen LogP contribution >= 0.6 is 0 Å². The van der Waals surface area contributed by atoms with Crippen molar-refractivity contribution in [3.8, 4) is 0 Å². The topological polar surface area (TPSA) is 79.0 Å². The maximum Gasteiger partial charge on any atom is 0.309 e. The summed E-state index contributed by atoms with van der Waals surface area (Å²) >= 11 is 0. The summed E-state index contributed by atoms with van der Waals surface area (Å²) in [6, 6.07) is 5.45. The Bertz CT molecular complexity index is 721. The first kappa shape index (κ1) is 22.9. The molecule has 7 nitrogen and oxygen atoms in total. The number of likely N-dealkylation sites (N-methyl/N-ethyl adjacent to an activating group) is 1. The summed E-state index contributed by atoms with van der Waals surface area (Å²) < 4.78 is 5.08. The van der Waals surface area contributed by atoms with E-state index in [0.717, 1.165) is 16.8 Å². The highest BCUT2D eigenvalue weighted by Gasteiger charge is 2.31. The largest absolute Gasteiger partial charge is 0.466 e. The minimum atomic E-state index is -0.419. The summed E-state index contributed by atoms with van der Waals surface area (Å²) in [5.41, 5.74) is 2.84. The number of nitrogens with one attached hydrogen (secondary N) is 1. The molecule has 0 aliphatic carbocycles. The Morgan fingerprint density at radius 1 is 1.21 bits per heavy atom. The number of hydrogen-bond donors (Lipinski definition) is 1. The number of hydrogen-bond acceptors (Lipinski definition) is 5. The summed E-state index contributed by atoms with van der Waals surface area (Å²) in [6.45, 7) is 9.10. The molecular formula is C22H33N3O4. The van der Waals surface area contributed by atoms with Crippen molar-refractivity contribution in [2.75, 3.05) is 38.6 Å². The molecule has 1 heterocycles. The molecule has 0 aromatic heterocycles. The number of rotatable bonds is 7. The van der Waals surface area contributed by atoms with Crippen molar-refractivity contribution in [2.45, 2.75) is 46.6 Å². The number of aryl methyl sites for hydroxylation is 2. The Kier molecular flexibility index (Phi) is 8.20. The SMILES string of the molecule is CCOC(=O)C1CCN(C(=O)[C@H](C)N(C)CC(=O)Nc2c(C)cccc2C)CC1. The zero-order valence-electron chi connectivity index (χ0n) is 18.2. The van der Waals surface area contributed by atoms with E-state index in [2.05, 4.69) is 5.32 Å². The van der Waals surface area contributed by atoms with Crippen LogP contribution in [0.5, 0.6) is 0 Å². The summed E-state index contributed by atoms with van der Waals surface area (Å²) in [5, 5.41) is 2.96. The highest BCUT2D eigenvalue weighted by Crippen LogP contribution is 2.21. The number of para-hydroxylation sites is 1. The number of carbonyl (C=O) groups is 3. The van der Waals surface area contributed by atoms with Crippen LogP contribution in [0.25, 0.3) is 0 Å². The lowest BCUT2D eigenvalue weighted by molar-refractivity contribution is -0.152. The van der Waals surface area contributed by atoms with Gasteiger partial charge < -0.3 is 15.0 Å². The standard InChI is InChI=1S/C22H33N3O4/c1-6-29-22(28)18-10-12-25(13-11-18)21(27)17(4)24(5)14-19(26)23-20-15(2)8-7-9-16(20)3/h7-9,17-18H,6,10-14H2,1-5H3,(H,23,26)/t17-/m0/s1. The summed E-state index contributed by atoms with van der Waals surface area (Å²) in [6.07, 6.45) is 1.24. The fourth-order valence-corrected chi connectivity index (χ4v) is 3.60. The molecule has 1 atom stereocenters. The summed E-state index contributed by atoms with van der Waals surface area (Å²) in [5.74, 6) is -0.469. The predicted molar refractivity (Wildman–Crippen MR) is 113 cm³/mol. The van der Waals surface area contributed by atoms with Crippen molar-refractivity contribution in [3.63, 3.8) is 0 Å². The lowest BCUT2D eigenvalue weighted by Crippen LogP contribution is -2.50. The van der Waals surface area contributed by atoms with Crippen LogP contribution in [-0.4, -0.2) is 66.9 Å². The summed E-state index contributed by atoms with van der Waals surface area (Å²) in [7, 11) is 1.78. The van der Waals surface area contributed by atoms with Gasteiger partial charge in [-0.2, -0.15) is 0 Å². The number of esters is 1. The molecule has 0 bridgehead atoms. The third-order valence-electron chi connectivity index (χ3n) is 5.58. The molecule has 1 aliphatic heterocycles. The van der Waals surface area contributed by atoms with Crippen molar-refractivity contribution in [3.05, 3.63) is 29.3 Å². The molecule has 1 aliphatic rings. The first-order chi connectivity index (χ1) is 13.7. The second-order valence-electron chi connectivity index (χ2n) is 7.76. The Balaban J connectivity index is 1.86. The molecule has 0 spiro atoms. The molecular weight excluding hydrogens is 370 g/mol. The Morgan fingerprint density at radius 3 is 2.34 bits per heavy atom. The van der Waals surface area contributed by atoms with Crippen LogP contribution in [0.3, 0.4) is 0 Å². The Morgan fingerprint density at radius 2 is 1.79 bits per heavy atom. The molecule has 2 rings (SSSR count). The van der Waals surface area contributed by atoms with Gasteiger partial charge in [-0.1, -0.05) is 18.2 Å². The Hall–Kier alpha value is -2.41. The maximum atomic E-state index is 12.8. The van der Waals surface area contributed by atoms with E-state index in [4.69, 9.17) is 4.74 Å². The van der Waals surface area contributed by atoms with E-state index in [1.165, 1.54) is 0 Å². The third kappa shape index (κ3) is 6.03. The zero-order valence-corrected chi connectivity index (χ0v) is 18.2. The number of likely N-dealkylation sites (tertiary alicyclic amines) is 1. The number of carbonyl (C=O) groups excluding carboxylic acids is 3. The van der Waals surface area contributed by atoms with Gasteiger partial charge in [0.1, 0.15) is 0 Å². The van der Waals surface area contributed by atoms with Gasteiger partial charge >= 0.3 is 5.97 Å². The molecule has 2 amide bonds. The minimum absolute atomic E-state index is 0.0188. The lowest BCUT2D eigenvalue weighted by atomic mass is 9.96. The second-order valence-corrected chi connectivity index (χ2v) is 7.76. The van der Waals surface area contributed by atoms with Crippen LogP contribution in [0.15, 0.2) is 18.2 Å². The number of anilines is 1. The van der Waals surface area contributed by atoms with Gasteiger partial charge in [0.2, 0.25) is 11.8 Å². The quantitative estimate of drug-likeness (QED) is 0.707. The van der Waals surface area contributed by atoms with E-state index in [-0.39, 0.29) is 30.2 Å². The molecule has 0 saturated carbocycles. The van der Waals surface area contributed by atoms with Gasteiger partial charge in [0, 0.05) is 18.8 Å². The zero-order chi connectivity index (χ0) is 21.6. The number of ether oxygens (including phenoxy) is 1. The molecule has 1 fully saturated rings. The van der Waals surface area contributed by atoms with Gasteiger partial charge in [-0.15, -0.1) is 0 Å². The van der Waals surface area contributed by atoms with E-state index in [0.29, 0.717) is 32.5 Å². The van der Waals surface area contributed by atoms with E-state index in [9.17, 15) is 14.4 Å². The smallest absolute Gasteiger partial charge is 0.309 e. The van der Waals surface area contributed by atoms with Crippen molar-refractivity contribution >= 4 is 23.5 Å². The van der Waals surface area contributed by atoms with Crippen molar-refractivity contribution in [2.24, 2.45) is 5.92 Å². The van der Waals surface area contributed by atoms with Crippen molar-refractivity contribution in [1.82, 2.24) is 9.80 Å². The van der Waals surface area contributed by atoms with Crippen molar-refractivity contribution in [1.29, 1.82) is 0 Å². The molecule has 0 unspecified atom stereocenters. The molecule has 1 aromatic carbocycles. The molecule has 160 valence electrons. The van der Waals surface area contributed by atoms with Gasteiger partial charge in [0.25, 0.3) is 0 Å². The van der Waals surface area contributed by atoms with Crippen LogP contribution in [0.1, 0.15) is 37.8 Å². The van der Waals surface area contributed by atoms with Gasteiger partial charge in [0.15, 0.2) is 0 Å². The van der Waals surface area contributed by atoms with Gasteiger partial charge in [-0.05, 0) is 58.7 Å². The molecule has 1 N–H and O–H groups in total. The minimum Gasteiger partial charge on any atom is -0.466 e. The number of nitrogens with zero attached hydrogens (tertiary/aromatic N) is 2. The normalized spacial score (nSPS) is 15.9. The maximum absolute atomic E-state index is 12.8. The van der Waals surface area contributed by atoms with Crippen LogP contribution in [0.2, 0.25) is 0 Å². The van der Waals surface area contributed by atoms with Gasteiger partial charge in [-0.3, -0.25) is 19.3 Å². The molecule has 0 radical (unpaired) electrons. The lowest BCUT2D eigenvalue weighted by Gasteiger charge is -2.34. The van der Waals surface area contributed by atoms with E-state index < -0.39 is 6.04 Å². The first-order valence-corrected chi connectivity index (χ1v) is 10.3. The molecule has 1 saturated heterocycles. The Labute approximate surface area is 173 Å². The molecule has 1 aromatic rings. The predicted octanol–water partition coefficient (Wildman–Crippen LogP) is 2.36. The van der Waals surface area contributed by atoms with Gasteiger partial charge in [0.05, 0.1) is 25.1 Å². The van der Waals surface area contributed by atoms with Crippen LogP contribution in [0, 0.1) is 19.8 Å². The van der Waals surface area contributed by atoms with Crippen LogP contribution < -0.4 is 5.32 Å². The number of benzene rings is 1. The van der Waals surface area contributed by atoms with Crippen molar-refractivity contribution < 1.29 is 19.1 Å². The third-order valence-corrected chi connectivity index (χ3v) is 5.58. The summed E-state index contributed by atoms with van der Waals surface area (Å²) in [4.78, 5) is 40.7. The van der Waals surface area contributed by atoms with Gasteiger partial charge in [-0.25, -0.2) is 0 Å². The second kappa shape index (κ2) is 10.4. The monoisotopic (exact) mass is 403 g/mol. The van der Waals surface area contributed by atoms with Crippen LogP contribution in [0.4, 0.5) is 5.69 Å². The van der Waals surface area contributed by atoms with Crippen LogP contribution in [-0.2, 0) is 19.1 Å². The van der Waals surface area contributed by atoms with E-state index >= 15 is 0 Å². The first-order valence-electron chi connectivity index (χ1n) is 10.3. The molecule has 7 heteroatoms.